The number of hydrogen-bond acceptors (Lipinski definition) is 3. The van der Waals surface area contributed by atoms with Crippen molar-refractivity contribution in [3.63, 3.8) is 0 Å². The van der Waals surface area contributed by atoms with Crippen molar-refractivity contribution in [3.05, 3.63) is 0 Å². The van der Waals surface area contributed by atoms with E-state index in [1.807, 2.05) is 16.7 Å². The Bertz CT molecular complexity index is 343. The smallest absolute Gasteiger partial charge is 0.317 e. The molecule has 0 unspecified atom stereocenters. The first-order chi connectivity index (χ1) is 9.41. The second-order valence-electron chi connectivity index (χ2n) is 6.54. The lowest BCUT2D eigenvalue weighted by molar-refractivity contribution is 0.00948. The molecule has 20 heavy (non-hydrogen) atoms. The number of aliphatic hydroxyl groups is 1. The molecule has 1 saturated heterocycles. The zero-order chi connectivity index (χ0) is 14.8. The molecule has 0 aromatic rings. The Morgan fingerprint density at radius 3 is 2.80 bits per heavy atom. The van der Waals surface area contributed by atoms with Crippen LogP contribution in [0, 0.1) is 0 Å². The topological polar surface area (TPSA) is 52.6 Å². The summed E-state index contributed by atoms with van der Waals surface area (Å²) in [5.41, 5.74) is -0.815. The number of amides is 2. The predicted molar refractivity (Wildman–Crippen MR) is 84.1 cm³/mol. The lowest BCUT2D eigenvalue weighted by Crippen LogP contribution is -2.53. The minimum atomic E-state index is -0.815. The number of hydrogen-bond donors (Lipinski definition) is 2. The monoisotopic (exact) mass is 300 g/mol. The number of carbonyl (C=O) groups is 1. The fourth-order valence-corrected chi connectivity index (χ4v) is 4.60. The van der Waals surface area contributed by atoms with Crippen LogP contribution in [-0.4, -0.2) is 51.3 Å². The van der Waals surface area contributed by atoms with E-state index in [9.17, 15) is 9.90 Å². The Labute approximate surface area is 126 Å². The molecule has 2 amide bonds. The van der Waals surface area contributed by atoms with Gasteiger partial charge in [-0.3, -0.25) is 0 Å². The number of carbonyl (C=O) groups excluding carboxylic acids is 1. The Kier molecular flexibility index (Phi) is 5.24. The van der Waals surface area contributed by atoms with Crippen LogP contribution in [-0.2, 0) is 0 Å². The van der Waals surface area contributed by atoms with Gasteiger partial charge in [-0.2, -0.15) is 11.8 Å². The van der Waals surface area contributed by atoms with E-state index in [2.05, 4.69) is 12.2 Å². The van der Waals surface area contributed by atoms with Gasteiger partial charge in [-0.05, 0) is 51.7 Å². The van der Waals surface area contributed by atoms with Crippen LogP contribution in [0.2, 0.25) is 0 Å². The molecule has 4 nitrogen and oxygen atoms in total. The summed E-state index contributed by atoms with van der Waals surface area (Å²) in [4.78, 5) is 14.3. The van der Waals surface area contributed by atoms with Crippen molar-refractivity contribution in [2.24, 2.45) is 0 Å². The van der Waals surface area contributed by atoms with Crippen molar-refractivity contribution in [2.75, 3.05) is 12.3 Å². The molecule has 2 aliphatic rings. The van der Waals surface area contributed by atoms with Crippen LogP contribution in [0.4, 0.5) is 4.79 Å². The summed E-state index contributed by atoms with van der Waals surface area (Å²) in [5, 5.41) is 14.1. The summed E-state index contributed by atoms with van der Waals surface area (Å²) in [6, 6.07) is 0.279. The molecule has 3 atom stereocenters. The molecule has 1 heterocycles. The van der Waals surface area contributed by atoms with Gasteiger partial charge in [0.05, 0.1) is 11.6 Å². The first-order valence-corrected chi connectivity index (χ1v) is 8.87. The van der Waals surface area contributed by atoms with Crippen LogP contribution in [0.3, 0.4) is 0 Å². The van der Waals surface area contributed by atoms with E-state index in [4.69, 9.17) is 0 Å². The number of nitrogens with one attached hydrogen (secondary N) is 1. The fourth-order valence-electron chi connectivity index (χ4n) is 3.46. The van der Waals surface area contributed by atoms with Crippen molar-refractivity contribution in [3.8, 4) is 0 Å². The van der Waals surface area contributed by atoms with Gasteiger partial charge in [0.25, 0.3) is 0 Å². The molecule has 0 aromatic heterocycles. The largest absolute Gasteiger partial charge is 0.388 e. The normalized spacial score (nSPS) is 30.8. The van der Waals surface area contributed by atoms with Gasteiger partial charge >= 0.3 is 6.03 Å². The predicted octanol–water partition coefficient (Wildman–Crippen LogP) is 2.61. The quantitative estimate of drug-likeness (QED) is 0.839. The average Bonchev–Trinajstić information content (AvgIpc) is 2.97. The highest BCUT2D eigenvalue weighted by atomic mass is 32.2. The number of rotatable bonds is 4. The third-order valence-corrected chi connectivity index (χ3v) is 5.68. The van der Waals surface area contributed by atoms with Gasteiger partial charge in [0.15, 0.2) is 0 Å². The van der Waals surface area contributed by atoms with Crippen molar-refractivity contribution < 1.29 is 9.90 Å². The van der Waals surface area contributed by atoms with Gasteiger partial charge in [-0.1, -0.05) is 6.92 Å². The number of likely N-dealkylation sites (tertiary alicyclic amines) is 1. The van der Waals surface area contributed by atoms with Gasteiger partial charge in [-0.25, -0.2) is 4.79 Å². The maximum atomic E-state index is 12.4. The van der Waals surface area contributed by atoms with Crippen molar-refractivity contribution >= 4 is 17.8 Å². The summed E-state index contributed by atoms with van der Waals surface area (Å²) in [6.45, 7) is 6.55. The highest BCUT2D eigenvalue weighted by molar-refractivity contribution is 7.99. The molecule has 2 fully saturated rings. The second-order valence-corrected chi connectivity index (χ2v) is 8.12. The van der Waals surface area contributed by atoms with E-state index in [1.165, 1.54) is 6.42 Å². The molecular weight excluding hydrogens is 272 g/mol. The molecule has 2 rings (SSSR count). The SMILES string of the molecule is CCS[C@@H]1CC[C@H](NC(=O)N2CCC[C@@H]2C(C)(C)O)C1. The van der Waals surface area contributed by atoms with E-state index < -0.39 is 5.60 Å². The van der Waals surface area contributed by atoms with Crippen LogP contribution in [0.25, 0.3) is 0 Å². The van der Waals surface area contributed by atoms with Gasteiger partial charge in [-0.15, -0.1) is 0 Å². The third kappa shape index (κ3) is 3.82. The zero-order valence-electron chi connectivity index (χ0n) is 12.9. The minimum absolute atomic E-state index is 0.0155. The molecule has 116 valence electrons. The maximum Gasteiger partial charge on any atom is 0.317 e. The Morgan fingerprint density at radius 1 is 1.40 bits per heavy atom. The lowest BCUT2D eigenvalue weighted by atomic mass is 9.97. The van der Waals surface area contributed by atoms with Gasteiger partial charge in [0, 0.05) is 17.8 Å². The average molecular weight is 300 g/mol. The summed E-state index contributed by atoms with van der Waals surface area (Å²) in [7, 11) is 0. The number of nitrogens with zero attached hydrogens (tertiary/aromatic N) is 1. The standard InChI is InChI=1S/C15H28N2O2S/c1-4-20-12-8-7-11(10-12)16-14(18)17-9-5-6-13(17)15(2,3)19/h11-13,19H,4-10H2,1-3H3,(H,16,18)/t11-,12+,13+/m0/s1. The Morgan fingerprint density at radius 2 is 2.15 bits per heavy atom. The van der Waals surface area contributed by atoms with Gasteiger partial charge in [0.1, 0.15) is 0 Å². The molecule has 0 spiro atoms. The second kappa shape index (κ2) is 6.56. The lowest BCUT2D eigenvalue weighted by Gasteiger charge is -2.34. The summed E-state index contributed by atoms with van der Waals surface area (Å²) in [5.74, 6) is 1.15. The van der Waals surface area contributed by atoms with Crippen molar-refractivity contribution in [2.45, 2.75) is 75.8 Å². The van der Waals surface area contributed by atoms with Crippen LogP contribution in [0.15, 0.2) is 0 Å². The molecule has 0 aromatic carbocycles. The summed E-state index contributed by atoms with van der Waals surface area (Å²) >= 11 is 2.00. The number of urea groups is 1. The first-order valence-electron chi connectivity index (χ1n) is 7.83. The number of thioether (sulfide) groups is 1. The first kappa shape index (κ1) is 16.0. The van der Waals surface area contributed by atoms with E-state index in [0.29, 0.717) is 11.3 Å². The van der Waals surface area contributed by atoms with E-state index in [0.717, 1.165) is 38.0 Å². The van der Waals surface area contributed by atoms with Crippen LogP contribution < -0.4 is 5.32 Å². The van der Waals surface area contributed by atoms with Gasteiger partial charge < -0.3 is 15.3 Å². The summed E-state index contributed by atoms with van der Waals surface area (Å²) < 4.78 is 0. The zero-order valence-corrected chi connectivity index (χ0v) is 13.7. The minimum Gasteiger partial charge on any atom is -0.388 e. The Hall–Kier alpha value is -0.420. The van der Waals surface area contributed by atoms with Crippen molar-refractivity contribution in [1.82, 2.24) is 10.2 Å². The maximum absolute atomic E-state index is 12.4. The molecular formula is C15H28N2O2S. The van der Waals surface area contributed by atoms with Gasteiger partial charge in [0.2, 0.25) is 0 Å². The molecule has 1 aliphatic carbocycles. The Balaban J connectivity index is 1.86. The molecule has 0 bridgehead atoms. The molecule has 5 heteroatoms. The highest BCUT2D eigenvalue weighted by Crippen LogP contribution is 2.31. The molecule has 1 saturated carbocycles. The molecule has 2 N–H and O–H groups in total. The van der Waals surface area contributed by atoms with E-state index >= 15 is 0 Å². The summed E-state index contributed by atoms with van der Waals surface area (Å²) in [6.07, 6.45) is 5.27. The molecule has 1 aliphatic heterocycles. The van der Waals surface area contributed by atoms with Crippen LogP contribution >= 0.6 is 11.8 Å². The van der Waals surface area contributed by atoms with E-state index in [1.54, 1.807) is 13.8 Å². The van der Waals surface area contributed by atoms with Crippen molar-refractivity contribution in [1.29, 1.82) is 0 Å². The van der Waals surface area contributed by atoms with Crippen LogP contribution in [0.5, 0.6) is 0 Å². The third-order valence-electron chi connectivity index (χ3n) is 4.44. The van der Waals surface area contributed by atoms with E-state index in [-0.39, 0.29) is 12.1 Å². The molecule has 0 radical (unpaired) electrons. The highest BCUT2D eigenvalue weighted by Gasteiger charge is 2.39. The fraction of sp³-hybridized carbons (Fsp3) is 0.933. The van der Waals surface area contributed by atoms with Crippen LogP contribution in [0.1, 0.15) is 52.9 Å².